The molecule has 1 aliphatic carbocycles. The molecule has 4 aliphatic heterocycles. The zero-order valence-electron chi connectivity index (χ0n) is 25.1. The Morgan fingerprint density at radius 3 is 2.79 bits per heavy atom. The lowest BCUT2D eigenvalue weighted by Gasteiger charge is -2.52. The molecule has 0 bridgehead atoms. The summed E-state index contributed by atoms with van der Waals surface area (Å²) < 4.78 is 14.3. The number of piperazine rings is 1. The van der Waals surface area contributed by atoms with Crippen LogP contribution in [0.5, 0.6) is 0 Å². The van der Waals surface area contributed by atoms with Crippen molar-refractivity contribution in [2.75, 3.05) is 67.6 Å². The van der Waals surface area contributed by atoms with Gasteiger partial charge in [0.25, 0.3) is 0 Å². The average Bonchev–Trinajstić information content (AvgIpc) is 3.40. The summed E-state index contributed by atoms with van der Waals surface area (Å²) in [5.41, 5.74) is 4.75. The van der Waals surface area contributed by atoms with Crippen LogP contribution in [0.25, 0.3) is 0 Å². The number of hydrogen-bond acceptors (Lipinski definition) is 8. The zero-order valence-corrected chi connectivity index (χ0v) is 25.1. The number of carbonyl (C=O) groups excluding carboxylic acids is 1. The number of aryl methyl sites for hydroxylation is 1. The molecule has 9 nitrogen and oxygen atoms in total. The third-order valence-electron chi connectivity index (χ3n) is 10.6. The molecular formula is C33H41FN8O. The van der Waals surface area contributed by atoms with Gasteiger partial charge in [0.1, 0.15) is 11.6 Å². The van der Waals surface area contributed by atoms with Gasteiger partial charge in [-0.15, -0.1) is 0 Å². The largest absolute Gasteiger partial charge is 0.368 e. The highest BCUT2D eigenvalue weighted by atomic mass is 19.1. The number of nitrogens with zero attached hydrogens (tertiary/aromatic N) is 8. The first-order chi connectivity index (χ1) is 20.9. The number of likely N-dealkylation sites (tertiary alicyclic amines) is 1. The van der Waals surface area contributed by atoms with Crippen LogP contribution in [0.1, 0.15) is 48.9 Å². The molecule has 7 rings (SSSR count). The van der Waals surface area contributed by atoms with Gasteiger partial charge in [-0.1, -0.05) is 12.6 Å². The number of anilines is 3. The van der Waals surface area contributed by atoms with E-state index in [0.29, 0.717) is 19.6 Å². The number of benzene rings is 1. The lowest BCUT2D eigenvalue weighted by molar-refractivity contribution is -0.128. The van der Waals surface area contributed by atoms with Gasteiger partial charge in [-0.3, -0.25) is 9.69 Å². The molecule has 0 saturated carbocycles. The van der Waals surface area contributed by atoms with E-state index in [1.807, 2.05) is 6.07 Å². The number of amides is 1. The van der Waals surface area contributed by atoms with Crippen LogP contribution in [-0.4, -0.2) is 96.2 Å². The Bertz CT molecular complexity index is 1470. The Morgan fingerprint density at radius 1 is 1.16 bits per heavy atom. The van der Waals surface area contributed by atoms with Crippen molar-refractivity contribution in [1.29, 1.82) is 5.26 Å². The van der Waals surface area contributed by atoms with E-state index in [1.54, 1.807) is 17.0 Å². The minimum Gasteiger partial charge on any atom is -0.368 e. The van der Waals surface area contributed by atoms with Crippen molar-refractivity contribution in [3.63, 3.8) is 0 Å². The Hall–Kier alpha value is -3.71. The summed E-state index contributed by atoms with van der Waals surface area (Å²) in [5.74, 6) is 1.43. The van der Waals surface area contributed by atoms with E-state index in [1.165, 1.54) is 30.0 Å². The van der Waals surface area contributed by atoms with E-state index >= 15 is 0 Å². The van der Waals surface area contributed by atoms with Crippen LogP contribution < -0.4 is 14.7 Å². The molecule has 3 saturated heterocycles. The maximum Gasteiger partial charge on any atom is 0.246 e. The first-order valence-electron chi connectivity index (χ1n) is 15.8. The third kappa shape index (κ3) is 4.92. The second-order valence-electron chi connectivity index (χ2n) is 13.0. The molecule has 1 aromatic carbocycles. The average molecular weight is 585 g/mol. The second kappa shape index (κ2) is 11.1. The van der Waals surface area contributed by atoms with E-state index in [-0.39, 0.29) is 35.8 Å². The van der Waals surface area contributed by atoms with Gasteiger partial charge >= 0.3 is 0 Å². The SMILES string of the molecule is C=CC(=O)N1CCN(c2nc(N3CC4(CCCN4C)C3)nc3c2CCC(N2CCCc4ccc(F)cc42)C3)CC1CC#N. The predicted molar refractivity (Wildman–Crippen MR) is 165 cm³/mol. The molecule has 2 atom stereocenters. The Balaban J connectivity index is 1.21. The van der Waals surface area contributed by atoms with Gasteiger partial charge in [-0.25, -0.2) is 9.37 Å². The number of halogens is 1. The lowest BCUT2D eigenvalue weighted by atomic mass is 9.87. The summed E-state index contributed by atoms with van der Waals surface area (Å²) in [6.45, 7) is 9.34. The van der Waals surface area contributed by atoms with Gasteiger partial charge in [0.15, 0.2) is 0 Å². The molecule has 2 aromatic rings. The molecule has 0 N–H and O–H groups in total. The van der Waals surface area contributed by atoms with Crippen molar-refractivity contribution >= 4 is 23.4 Å². The van der Waals surface area contributed by atoms with Gasteiger partial charge < -0.3 is 19.6 Å². The number of aromatic nitrogens is 2. The van der Waals surface area contributed by atoms with Crippen LogP contribution in [0.3, 0.4) is 0 Å². The highest BCUT2D eigenvalue weighted by Crippen LogP contribution is 2.41. The zero-order chi connectivity index (χ0) is 29.7. The van der Waals surface area contributed by atoms with Crippen molar-refractivity contribution < 1.29 is 9.18 Å². The lowest BCUT2D eigenvalue weighted by Crippen LogP contribution is -2.67. The van der Waals surface area contributed by atoms with Gasteiger partial charge in [0, 0.05) is 63.0 Å². The van der Waals surface area contributed by atoms with Crippen LogP contribution in [0.4, 0.5) is 21.8 Å². The van der Waals surface area contributed by atoms with Crippen LogP contribution in [-0.2, 0) is 24.1 Å². The van der Waals surface area contributed by atoms with Crippen molar-refractivity contribution in [2.24, 2.45) is 0 Å². The fraction of sp³-hybridized carbons (Fsp3) is 0.576. The van der Waals surface area contributed by atoms with E-state index in [0.717, 1.165) is 81.4 Å². The number of nitriles is 1. The Kier molecular flexibility index (Phi) is 7.24. The Morgan fingerprint density at radius 2 is 2.02 bits per heavy atom. The van der Waals surface area contributed by atoms with E-state index in [9.17, 15) is 14.4 Å². The summed E-state index contributed by atoms with van der Waals surface area (Å²) in [4.78, 5) is 34.3. The second-order valence-corrected chi connectivity index (χ2v) is 13.0. The topological polar surface area (TPSA) is 82.8 Å². The minimum atomic E-state index is -0.214. The summed E-state index contributed by atoms with van der Waals surface area (Å²) in [5, 5.41) is 9.56. The quantitative estimate of drug-likeness (QED) is 0.495. The van der Waals surface area contributed by atoms with Gasteiger partial charge in [-0.05, 0) is 75.9 Å². The van der Waals surface area contributed by atoms with Crippen molar-refractivity contribution in [3.8, 4) is 6.07 Å². The van der Waals surface area contributed by atoms with Crippen LogP contribution in [0.15, 0.2) is 30.9 Å². The number of carbonyl (C=O) groups is 1. The maximum atomic E-state index is 14.3. The molecule has 2 unspecified atom stereocenters. The standard InChI is InChI=1S/C33H41FN8O/c1-3-30(43)42-17-16-39(20-26(42)11-13-35)31-27-10-9-25(41-15-4-6-23-7-8-24(34)18-29(23)41)19-28(27)36-32(37-31)40-21-33(22-40)12-5-14-38(33)2/h3,7-8,18,25-26H,1,4-6,9-12,14-17,19-22H2,2H3. The van der Waals surface area contributed by atoms with Crippen LogP contribution in [0, 0.1) is 17.1 Å². The van der Waals surface area contributed by atoms with E-state index < -0.39 is 0 Å². The maximum absolute atomic E-state index is 14.3. The molecule has 1 aromatic heterocycles. The molecule has 3 fully saturated rings. The predicted octanol–water partition coefficient (Wildman–Crippen LogP) is 3.33. The molecule has 43 heavy (non-hydrogen) atoms. The third-order valence-corrected chi connectivity index (χ3v) is 10.6. The molecule has 10 heteroatoms. The molecule has 226 valence electrons. The van der Waals surface area contributed by atoms with Crippen molar-refractivity contribution in [1.82, 2.24) is 19.8 Å². The monoisotopic (exact) mass is 584 g/mol. The highest BCUT2D eigenvalue weighted by Gasteiger charge is 2.50. The summed E-state index contributed by atoms with van der Waals surface area (Å²) >= 11 is 0. The first-order valence-corrected chi connectivity index (χ1v) is 15.8. The van der Waals surface area contributed by atoms with Crippen LogP contribution >= 0.6 is 0 Å². The summed E-state index contributed by atoms with van der Waals surface area (Å²) in [7, 11) is 2.23. The molecule has 1 spiro atoms. The van der Waals surface area contributed by atoms with E-state index in [4.69, 9.17) is 9.97 Å². The normalized spacial score (nSPS) is 24.8. The fourth-order valence-corrected chi connectivity index (χ4v) is 8.20. The number of likely N-dealkylation sites (N-methyl/N-ethyl adjacent to an activating group) is 1. The molecule has 5 heterocycles. The fourth-order valence-electron chi connectivity index (χ4n) is 8.20. The smallest absolute Gasteiger partial charge is 0.246 e. The molecular weight excluding hydrogens is 543 g/mol. The van der Waals surface area contributed by atoms with E-state index in [2.05, 4.69) is 39.3 Å². The number of fused-ring (bicyclic) bond motifs is 2. The van der Waals surface area contributed by atoms with Gasteiger partial charge in [-0.2, -0.15) is 10.2 Å². The molecule has 0 radical (unpaired) electrons. The first kappa shape index (κ1) is 28.1. The van der Waals surface area contributed by atoms with Crippen molar-refractivity contribution in [3.05, 3.63) is 53.5 Å². The van der Waals surface area contributed by atoms with Gasteiger partial charge in [0.05, 0.1) is 29.8 Å². The molecule has 5 aliphatic rings. The number of rotatable bonds is 5. The van der Waals surface area contributed by atoms with Crippen molar-refractivity contribution in [2.45, 2.75) is 69.0 Å². The summed E-state index contributed by atoms with van der Waals surface area (Å²) in [6, 6.07) is 7.55. The minimum absolute atomic E-state index is 0.127. The van der Waals surface area contributed by atoms with Gasteiger partial charge in [0.2, 0.25) is 11.9 Å². The summed E-state index contributed by atoms with van der Waals surface area (Å²) in [6.07, 6.45) is 8.70. The Labute approximate surface area is 253 Å². The molecule has 1 amide bonds. The van der Waals surface area contributed by atoms with Crippen LogP contribution in [0.2, 0.25) is 0 Å². The highest BCUT2D eigenvalue weighted by molar-refractivity contribution is 5.87. The number of hydrogen-bond donors (Lipinski definition) is 0.